The fraction of sp³-hybridized carbons (Fsp3) is 0.538. The van der Waals surface area contributed by atoms with Crippen molar-refractivity contribution in [1.82, 2.24) is 0 Å². The van der Waals surface area contributed by atoms with E-state index in [1.54, 1.807) is 24.9 Å². The van der Waals surface area contributed by atoms with Gasteiger partial charge in [-0.1, -0.05) is 0 Å². The number of halogens is 1. The van der Waals surface area contributed by atoms with E-state index in [4.69, 9.17) is 10.5 Å². The van der Waals surface area contributed by atoms with E-state index in [0.717, 1.165) is 0 Å². The molecule has 1 aromatic carbocycles. The molecule has 18 heavy (non-hydrogen) atoms. The van der Waals surface area contributed by atoms with Gasteiger partial charge < -0.3 is 20.5 Å². The van der Waals surface area contributed by atoms with Gasteiger partial charge in [0.05, 0.1) is 23.6 Å². The lowest BCUT2D eigenvalue weighted by Crippen LogP contribution is -2.27. The predicted molar refractivity (Wildman–Crippen MR) is 71.5 cm³/mol. The van der Waals surface area contributed by atoms with E-state index in [1.165, 1.54) is 6.07 Å². The lowest BCUT2D eigenvalue weighted by molar-refractivity contribution is 0.201. The van der Waals surface area contributed by atoms with Crippen LogP contribution in [0.5, 0.6) is 5.75 Å². The smallest absolute Gasteiger partial charge is 0.167 e. The van der Waals surface area contributed by atoms with E-state index in [2.05, 4.69) is 0 Å². The first-order valence-electron chi connectivity index (χ1n) is 5.96. The van der Waals surface area contributed by atoms with Gasteiger partial charge in [0.2, 0.25) is 0 Å². The molecule has 0 saturated heterocycles. The summed E-state index contributed by atoms with van der Waals surface area (Å²) >= 11 is 0. The Labute approximate surface area is 107 Å². The summed E-state index contributed by atoms with van der Waals surface area (Å²) < 4.78 is 19.0. The molecule has 0 fully saturated rings. The van der Waals surface area contributed by atoms with Crippen LogP contribution < -0.4 is 15.4 Å². The molecule has 0 saturated carbocycles. The first kappa shape index (κ1) is 14.6. The summed E-state index contributed by atoms with van der Waals surface area (Å²) in [4.78, 5) is 1.77. The molecular formula is C13H21FN2O2. The zero-order valence-electron chi connectivity index (χ0n) is 11.3. The van der Waals surface area contributed by atoms with Crippen molar-refractivity contribution in [2.45, 2.75) is 33.0 Å². The number of rotatable bonds is 5. The normalized spacial score (nSPS) is 12.6. The van der Waals surface area contributed by atoms with Crippen LogP contribution in [-0.2, 0) is 0 Å². The Morgan fingerprint density at radius 1 is 1.39 bits per heavy atom. The third kappa shape index (κ3) is 3.77. The van der Waals surface area contributed by atoms with Gasteiger partial charge in [-0.15, -0.1) is 0 Å². The summed E-state index contributed by atoms with van der Waals surface area (Å²) in [6, 6.07) is 2.80. The number of hydrogen-bond acceptors (Lipinski definition) is 4. The maximum atomic E-state index is 13.6. The van der Waals surface area contributed by atoms with Crippen molar-refractivity contribution in [3.8, 4) is 5.75 Å². The molecule has 1 rings (SSSR count). The van der Waals surface area contributed by atoms with E-state index in [0.29, 0.717) is 17.9 Å². The zero-order valence-corrected chi connectivity index (χ0v) is 11.3. The second-order valence-corrected chi connectivity index (χ2v) is 4.74. The zero-order chi connectivity index (χ0) is 13.9. The summed E-state index contributed by atoms with van der Waals surface area (Å²) in [5.74, 6) is -0.304. The van der Waals surface area contributed by atoms with Crippen molar-refractivity contribution in [2.75, 3.05) is 24.2 Å². The largest absolute Gasteiger partial charge is 0.488 e. The molecule has 0 aliphatic heterocycles. The topological polar surface area (TPSA) is 58.7 Å². The second kappa shape index (κ2) is 5.91. The third-order valence-corrected chi connectivity index (χ3v) is 2.39. The Hall–Kier alpha value is -1.49. The first-order valence-corrected chi connectivity index (χ1v) is 5.96. The number of benzene rings is 1. The van der Waals surface area contributed by atoms with Crippen LogP contribution in [0, 0.1) is 5.82 Å². The van der Waals surface area contributed by atoms with E-state index in [9.17, 15) is 9.50 Å². The fourth-order valence-electron chi connectivity index (χ4n) is 1.73. The highest BCUT2D eigenvalue weighted by molar-refractivity contribution is 5.69. The predicted octanol–water partition coefficient (Wildman–Crippen LogP) is 2.01. The molecule has 1 unspecified atom stereocenters. The summed E-state index contributed by atoms with van der Waals surface area (Å²) in [5.41, 5.74) is 6.75. The van der Waals surface area contributed by atoms with Gasteiger partial charge in [0.1, 0.15) is 0 Å². The Bertz CT molecular complexity index is 408. The summed E-state index contributed by atoms with van der Waals surface area (Å²) in [5, 5.41) is 9.36. The van der Waals surface area contributed by atoms with Crippen LogP contribution in [0.3, 0.4) is 0 Å². The highest BCUT2D eigenvalue weighted by Crippen LogP contribution is 2.31. The molecule has 0 aliphatic carbocycles. The summed E-state index contributed by atoms with van der Waals surface area (Å²) in [6.45, 7) is 5.75. The number of anilines is 2. The molecule has 1 aromatic rings. The van der Waals surface area contributed by atoms with Gasteiger partial charge in [0.15, 0.2) is 11.6 Å². The summed E-state index contributed by atoms with van der Waals surface area (Å²) in [7, 11) is 1.79. The Kier molecular flexibility index (Phi) is 4.78. The minimum Gasteiger partial charge on any atom is -0.488 e. The van der Waals surface area contributed by atoms with Gasteiger partial charge in [-0.05, 0) is 20.8 Å². The van der Waals surface area contributed by atoms with Crippen molar-refractivity contribution in [3.05, 3.63) is 17.9 Å². The maximum Gasteiger partial charge on any atom is 0.167 e. The number of hydrogen-bond donors (Lipinski definition) is 2. The SMILES string of the molecule is CC(O)CN(C)c1cc(OC(C)C)c(F)cc1N. The molecule has 4 nitrogen and oxygen atoms in total. The lowest BCUT2D eigenvalue weighted by Gasteiger charge is -2.23. The first-order chi connectivity index (χ1) is 8.31. The van der Waals surface area contributed by atoms with Crippen LogP contribution in [0.25, 0.3) is 0 Å². The van der Waals surface area contributed by atoms with Crippen molar-refractivity contribution >= 4 is 11.4 Å². The van der Waals surface area contributed by atoms with Gasteiger partial charge in [-0.3, -0.25) is 0 Å². The van der Waals surface area contributed by atoms with E-state index in [1.807, 2.05) is 13.8 Å². The van der Waals surface area contributed by atoms with E-state index in [-0.39, 0.29) is 11.9 Å². The molecule has 0 spiro atoms. The van der Waals surface area contributed by atoms with Crippen LogP contribution in [0.15, 0.2) is 12.1 Å². The molecule has 0 heterocycles. The van der Waals surface area contributed by atoms with E-state index < -0.39 is 11.9 Å². The molecule has 3 N–H and O–H groups in total. The maximum absolute atomic E-state index is 13.6. The van der Waals surface area contributed by atoms with Crippen molar-refractivity contribution in [1.29, 1.82) is 0 Å². The average Bonchev–Trinajstić information content (AvgIpc) is 2.20. The number of likely N-dealkylation sites (N-methyl/N-ethyl adjacent to an activating group) is 1. The number of nitrogens with zero attached hydrogens (tertiary/aromatic N) is 1. The monoisotopic (exact) mass is 256 g/mol. The highest BCUT2D eigenvalue weighted by Gasteiger charge is 2.14. The van der Waals surface area contributed by atoms with Crippen LogP contribution >= 0.6 is 0 Å². The summed E-state index contributed by atoms with van der Waals surface area (Å²) in [6.07, 6.45) is -0.605. The standard InChI is InChI=1S/C13H21FN2O2/c1-8(2)18-13-6-12(11(15)5-10(13)14)16(4)7-9(3)17/h5-6,8-9,17H,7,15H2,1-4H3. The quantitative estimate of drug-likeness (QED) is 0.791. The minimum atomic E-state index is -0.492. The Balaban J connectivity index is 3.04. The molecule has 102 valence electrons. The van der Waals surface area contributed by atoms with Crippen molar-refractivity contribution in [3.63, 3.8) is 0 Å². The van der Waals surface area contributed by atoms with E-state index >= 15 is 0 Å². The number of nitrogen functional groups attached to an aromatic ring is 1. The number of aliphatic hydroxyl groups is 1. The van der Waals surface area contributed by atoms with Crippen molar-refractivity contribution < 1.29 is 14.2 Å². The molecule has 0 amide bonds. The van der Waals surface area contributed by atoms with Crippen LogP contribution in [0.4, 0.5) is 15.8 Å². The molecule has 1 atom stereocenters. The Morgan fingerprint density at radius 2 is 2.00 bits per heavy atom. The highest BCUT2D eigenvalue weighted by atomic mass is 19.1. The molecule has 0 radical (unpaired) electrons. The molecule has 5 heteroatoms. The van der Waals surface area contributed by atoms with Gasteiger partial charge in [-0.25, -0.2) is 4.39 Å². The van der Waals surface area contributed by atoms with Gasteiger partial charge >= 0.3 is 0 Å². The van der Waals surface area contributed by atoms with Gasteiger partial charge in [0.25, 0.3) is 0 Å². The molecule has 0 bridgehead atoms. The van der Waals surface area contributed by atoms with Crippen molar-refractivity contribution in [2.24, 2.45) is 0 Å². The molecular weight excluding hydrogens is 235 g/mol. The number of aliphatic hydroxyl groups excluding tert-OH is 1. The fourth-order valence-corrected chi connectivity index (χ4v) is 1.73. The third-order valence-electron chi connectivity index (χ3n) is 2.39. The Morgan fingerprint density at radius 3 is 2.50 bits per heavy atom. The van der Waals surface area contributed by atoms with Gasteiger partial charge in [-0.2, -0.15) is 0 Å². The van der Waals surface area contributed by atoms with Crippen LogP contribution in [0.1, 0.15) is 20.8 Å². The molecule has 0 aliphatic rings. The average molecular weight is 256 g/mol. The van der Waals surface area contributed by atoms with Crippen LogP contribution in [-0.4, -0.2) is 30.9 Å². The minimum absolute atomic E-state index is 0.113. The number of nitrogens with two attached hydrogens (primary N) is 1. The molecule has 0 aromatic heterocycles. The van der Waals surface area contributed by atoms with Crippen LogP contribution in [0.2, 0.25) is 0 Å². The second-order valence-electron chi connectivity index (χ2n) is 4.74. The van der Waals surface area contributed by atoms with Gasteiger partial charge in [0, 0.05) is 25.7 Å². The lowest BCUT2D eigenvalue weighted by atomic mass is 10.2. The number of ether oxygens (including phenoxy) is 1.